The van der Waals surface area contributed by atoms with Crippen molar-refractivity contribution in [2.45, 2.75) is 0 Å². The van der Waals surface area contributed by atoms with Crippen LogP contribution in [0.3, 0.4) is 0 Å². The molecule has 0 spiro atoms. The zero-order valence-electron chi connectivity index (χ0n) is 7.39. The van der Waals surface area contributed by atoms with Gasteiger partial charge in [-0.25, -0.2) is 0 Å². The first-order valence-electron chi connectivity index (χ1n) is 3.51. The number of benzene rings is 1. The minimum absolute atomic E-state index is 0.427. The summed E-state index contributed by atoms with van der Waals surface area (Å²) in [6.45, 7) is 0. The molecule has 0 bridgehead atoms. The maximum Gasteiger partial charge on any atom is 0.446 e. The van der Waals surface area contributed by atoms with E-state index in [1.54, 1.807) is 0 Å². The fraction of sp³-hybridized carbons (Fsp3) is 0. The van der Waals surface area contributed by atoms with Gasteiger partial charge in [0.1, 0.15) is 11.5 Å². The Bertz CT molecular complexity index is 523. The van der Waals surface area contributed by atoms with Gasteiger partial charge in [-0.15, -0.1) is 0 Å². The third-order valence-corrected chi connectivity index (χ3v) is 1.94. The predicted molar refractivity (Wildman–Crippen MR) is 49.6 cm³/mol. The van der Waals surface area contributed by atoms with E-state index in [1.165, 1.54) is 0 Å². The molecule has 0 aliphatic rings. The fourth-order valence-electron chi connectivity index (χ4n) is 0.769. The van der Waals surface area contributed by atoms with E-state index < -0.39 is 32.3 Å². The summed E-state index contributed by atoms with van der Waals surface area (Å²) in [4.78, 5) is 0. The van der Waals surface area contributed by atoms with Crippen LogP contribution in [0.25, 0.3) is 0 Å². The first-order chi connectivity index (χ1) is 7.16. The number of hydrogen-bond donors (Lipinski definition) is 2. The standard InChI is InChI=1S/C6H5O8S2/c7-15(8,9)13-5-2-1-3-6(4-5)14-16(10,11)12/h2-4H,(H,7,8,9)(H,10,11,12). The zero-order chi connectivity index (χ0) is 12.4. The molecule has 8 nitrogen and oxygen atoms in total. The van der Waals surface area contributed by atoms with Gasteiger partial charge in [-0.1, -0.05) is 0 Å². The van der Waals surface area contributed by atoms with Crippen LogP contribution < -0.4 is 8.37 Å². The summed E-state index contributed by atoms with van der Waals surface area (Å²) in [6, 6.07) is 5.10. The first kappa shape index (κ1) is 12.7. The quantitative estimate of drug-likeness (QED) is 0.722. The lowest BCUT2D eigenvalue weighted by Crippen LogP contribution is -2.08. The van der Waals surface area contributed by atoms with Crippen LogP contribution in [-0.4, -0.2) is 25.9 Å². The van der Waals surface area contributed by atoms with Crippen molar-refractivity contribution in [3.8, 4) is 11.5 Å². The van der Waals surface area contributed by atoms with Crippen LogP contribution >= 0.6 is 0 Å². The van der Waals surface area contributed by atoms with E-state index in [9.17, 15) is 16.8 Å². The predicted octanol–water partition coefficient (Wildman–Crippen LogP) is -0.150. The Hall–Kier alpha value is -1.36. The van der Waals surface area contributed by atoms with E-state index in [-0.39, 0.29) is 0 Å². The molecule has 0 heterocycles. The Kier molecular flexibility index (Phi) is 3.38. The molecule has 0 aliphatic carbocycles. The molecule has 0 aliphatic heterocycles. The smallest absolute Gasteiger partial charge is 0.362 e. The van der Waals surface area contributed by atoms with Crippen LogP contribution in [0, 0.1) is 6.07 Å². The van der Waals surface area contributed by atoms with Crippen molar-refractivity contribution in [3.63, 3.8) is 0 Å². The van der Waals surface area contributed by atoms with Gasteiger partial charge in [0.25, 0.3) is 0 Å². The average Bonchev–Trinajstić information content (AvgIpc) is 1.96. The van der Waals surface area contributed by atoms with Gasteiger partial charge in [0.15, 0.2) is 0 Å². The Morgan fingerprint density at radius 1 is 0.938 bits per heavy atom. The minimum atomic E-state index is -4.73. The maximum absolute atomic E-state index is 10.3. The summed E-state index contributed by atoms with van der Waals surface area (Å²) in [5.74, 6) is -0.854. The molecule has 10 heteroatoms. The van der Waals surface area contributed by atoms with E-state index >= 15 is 0 Å². The maximum atomic E-state index is 10.3. The normalized spacial score (nSPS) is 12.1. The third-order valence-electron chi connectivity index (χ3n) is 1.14. The highest BCUT2D eigenvalue weighted by Gasteiger charge is 2.11. The van der Waals surface area contributed by atoms with E-state index in [1.807, 2.05) is 0 Å². The van der Waals surface area contributed by atoms with Crippen LogP contribution in [0.1, 0.15) is 0 Å². The van der Waals surface area contributed by atoms with Gasteiger partial charge < -0.3 is 8.37 Å². The molecule has 0 saturated carbocycles. The molecule has 1 aromatic carbocycles. The summed E-state index contributed by atoms with van der Waals surface area (Å²) in [5.41, 5.74) is 0. The van der Waals surface area contributed by atoms with Gasteiger partial charge in [0.05, 0.1) is 0 Å². The lowest BCUT2D eigenvalue weighted by atomic mass is 10.3. The van der Waals surface area contributed by atoms with E-state index in [4.69, 9.17) is 9.11 Å². The second-order valence-electron chi connectivity index (χ2n) is 2.43. The molecule has 2 N–H and O–H groups in total. The summed E-state index contributed by atoms with van der Waals surface area (Å²) >= 11 is 0. The van der Waals surface area contributed by atoms with Crippen molar-refractivity contribution >= 4 is 20.8 Å². The molecule has 0 unspecified atom stereocenters. The number of rotatable bonds is 4. The lowest BCUT2D eigenvalue weighted by Gasteiger charge is -2.03. The highest BCUT2D eigenvalue weighted by atomic mass is 32.3. The highest BCUT2D eigenvalue weighted by Crippen LogP contribution is 2.20. The monoisotopic (exact) mass is 269 g/mol. The van der Waals surface area contributed by atoms with Crippen molar-refractivity contribution < 1.29 is 34.3 Å². The summed E-state index contributed by atoms with van der Waals surface area (Å²) in [6.07, 6.45) is 0. The Balaban J connectivity index is 2.96. The van der Waals surface area contributed by atoms with Gasteiger partial charge in [0.2, 0.25) is 0 Å². The van der Waals surface area contributed by atoms with Crippen LogP contribution in [0.2, 0.25) is 0 Å². The SMILES string of the molecule is O=S(=O)(O)Oc1c[c]cc(OS(=O)(=O)O)c1. The van der Waals surface area contributed by atoms with Crippen LogP contribution in [0.15, 0.2) is 18.2 Å². The molecule has 16 heavy (non-hydrogen) atoms. The number of hydrogen-bond acceptors (Lipinski definition) is 6. The molecule has 0 amide bonds. The summed E-state index contributed by atoms with van der Waals surface area (Å²) in [7, 11) is -9.45. The Morgan fingerprint density at radius 2 is 1.31 bits per heavy atom. The van der Waals surface area contributed by atoms with Crippen molar-refractivity contribution in [3.05, 3.63) is 24.3 Å². The molecule has 0 atom stereocenters. The summed E-state index contributed by atoms with van der Waals surface area (Å²) in [5, 5.41) is 0. The lowest BCUT2D eigenvalue weighted by molar-refractivity contribution is 0.382. The molecule has 0 saturated heterocycles. The second kappa shape index (κ2) is 4.25. The van der Waals surface area contributed by atoms with Gasteiger partial charge in [-0.3, -0.25) is 9.11 Å². The minimum Gasteiger partial charge on any atom is -0.362 e. The third kappa shape index (κ3) is 4.93. The fourth-order valence-corrected chi connectivity index (χ4v) is 1.45. The molecule has 0 fully saturated rings. The highest BCUT2D eigenvalue weighted by molar-refractivity contribution is 7.81. The van der Waals surface area contributed by atoms with Crippen molar-refractivity contribution in [2.24, 2.45) is 0 Å². The molecule has 0 aromatic heterocycles. The van der Waals surface area contributed by atoms with E-state index in [0.29, 0.717) is 0 Å². The van der Waals surface area contributed by atoms with Gasteiger partial charge in [0, 0.05) is 6.07 Å². The molecule has 1 rings (SSSR count). The van der Waals surface area contributed by atoms with Crippen LogP contribution in [-0.2, 0) is 20.8 Å². The van der Waals surface area contributed by atoms with Gasteiger partial charge in [-0.2, -0.15) is 16.8 Å². The van der Waals surface area contributed by atoms with Crippen molar-refractivity contribution in [2.75, 3.05) is 0 Å². The molecular weight excluding hydrogens is 264 g/mol. The van der Waals surface area contributed by atoms with Gasteiger partial charge in [-0.05, 0) is 18.2 Å². The topological polar surface area (TPSA) is 127 Å². The van der Waals surface area contributed by atoms with Crippen LogP contribution in [0.4, 0.5) is 0 Å². The Morgan fingerprint density at radius 3 is 1.62 bits per heavy atom. The molecule has 89 valence electrons. The average molecular weight is 269 g/mol. The first-order valence-corrected chi connectivity index (χ1v) is 6.24. The molecular formula is C6H5O8S2. The largest absolute Gasteiger partial charge is 0.446 e. The van der Waals surface area contributed by atoms with E-state index in [2.05, 4.69) is 14.4 Å². The van der Waals surface area contributed by atoms with Crippen LogP contribution in [0.5, 0.6) is 11.5 Å². The van der Waals surface area contributed by atoms with Gasteiger partial charge >= 0.3 is 20.8 Å². The molecule has 1 aromatic rings. The van der Waals surface area contributed by atoms with Crippen molar-refractivity contribution in [1.82, 2.24) is 0 Å². The van der Waals surface area contributed by atoms with E-state index in [0.717, 1.165) is 18.2 Å². The zero-order valence-corrected chi connectivity index (χ0v) is 9.03. The second-order valence-corrected chi connectivity index (χ2v) is 4.47. The Labute approximate surface area is 91.3 Å². The van der Waals surface area contributed by atoms with Crippen molar-refractivity contribution in [1.29, 1.82) is 0 Å². The summed E-state index contributed by atoms with van der Waals surface area (Å²) < 4.78 is 65.9. The molecule has 1 radical (unpaired) electrons.